The van der Waals surface area contributed by atoms with Gasteiger partial charge in [-0.3, -0.25) is 4.79 Å². The van der Waals surface area contributed by atoms with Gasteiger partial charge in [-0.15, -0.1) is 0 Å². The van der Waals surface area contributed by atoms with Crippen LogP contribution in [-0.2, 0) is 9.53 Å². The van der Waals surface area contributed by atoms with E-state index in [0.29, 0.717) is 30.9 Å². The van der Waals surface area contributed by atoms with Crippen LogP contribution in [0.15, 0.2) is 0 Å². The number of piperidine rings is 1. The predicted octanol–water partition coefficient (Wildman–Crippen LogP) is 3.46. The van der Waals surface area contributed by atoms with E-state index in [0.717, 1.165) is 38.6 Å². The maximum atomic E-state index is 13.5. The summed E-state index contributed by atoms with van der Waals surface area (Å²) in [5.41, 5.74) is -0.153. The molecule has 5 fully saturated rings. The molecule has 1 N–H and O–H groups in total. The second kappa shape index (κ2) is 6.43. The normalized spacial score (nSPS) is 42.3. The fraction of sp³-hybridized carbons (Fsp3) is 0.895. The second-order valence-corrected chi connectivity index (χ2v) is 10.5. The average Bonchev–Trinajstić information content (AvgIpc) is 2.52. The van der Waals surface area contributed by atoms with Crippen LogP contribution in [0.3, 0.4) is 0 Å². The number of rotatable bonds is 3. The third-order valence-corrected chi connectivity index (χ3v) is 7.68. The van der Waals surface area contributed by atoms with E-state index in [1.165, 1.54) is 19.3 Å². The quantitative estimate of drug-likeness (QED) is 0.721. The molecule has 3 atom stereocenters. The van der Waals surface area contributed by atoms with Crippen molar-refractivity contribution in [3.63, 3.8) is 0 Å². The van der Waals surface area contributed by atoms with Crippen LogP contribution in [0.25, 0.3) is 0 Å². The number of amides is 2. The molecule has 4 aliphatic carbocycles. The Morgan fingerprint density at radius 3 is 2.60 bits per heavy atom. The molecule has 5 nitrogen and oxygen atoms in total. The number of hydrogen-bond acceptors (Lipinski definition) is 3. The molecule has 4 bridgehead atoms. The molecule has 0 aromatic carbocycles. The van der Waals surface area contributed by atoms with E-state index < -0.39 is 0 Å². The monoisotopic (exact) mass is 412 g/mol. The van der Waals surface area contributed by atoms with Crippen molar-refractivity contribution in [2.45, 2.75) is 68.7 Å². The van der Waals surface area contributed by atoms with Gasteiger partial charge in [0.05, 0.1) is 12.0 Å². The van der Waals surface area contributed by atoms with Gasteiger partial charge in [-0.25, -0.2) is 4.79 Å². The van der Waals surface area contributed by atoms with Gasteiger partial charge in [-0.1, -0.05) is 15.9 Å². The molecule has 2 amide bonds. The van der Waals surface area contributed by atoms with E-state index in [1.54, 1.807) is 6.92 Å². The molecule has 5 rings (SSSR count). The first-order valence-corrected chi connectivity index (χ1v) is 10.6. The summed E-state index contributed by atoms with van der Waals surface area (Å²) in [6.45, 7) is 3.63. The minimum atomic E-state index is -0.365. The highest BCUT2D eigenvalue weighted by Crippen LogP contribution is 2.64. The van der Waals surface area contributed by atoms with Crippen molar-refractivity contribution in [3.05, 3.63) is 0 Å². The largest absolute Gasteiger partial charge is 0.450 e. The van der Waals surface area contributed by atoms with Crippen molar-refractivity contribution >= 4 is 27.9 Å². The van der Waals surface area contributed by atoms with E-state index in [9.17, 15) is 9.59 Å². The van der Waals surface area contributed by atoms with Crippen molar-refractivity contribution in [2.75, 3.05) is 19.7 Å². The zero-order chi connectivity index (χ0) is 17.7. The van der Waals surface area contributed by atoms with Gasteiger partial charge >= 0.3 is 6.09 Å². The molecule has 140 valence electrons. The minimum absolute atomic E-state index is 0.0172. The van der Waals surface area contributed by atoms with Gasteiger partial charge in [-0.05, 0) is 70.1 Å². The SMILES string of the molecule is CCOC(=O)N[C@H]1CCCN(C(=O)C23C[C@H]4C[C@@H](CC(Br)(C4)C2)C3)C1. The lowest BCUT2D eigenvalue weighted by molar-refractivity contribution is -0.156. The molecular weight excluding hydrogens is 384 g/mol. The Balaban J connectivity index is 1.44. The van der Waals surface area contributed by atoms with E-state index in [4.69, 9.17) is 4.74 Å². The molecule has 6 heteroatoms. The highest BCUT2D eigenvalue weighted by Gasteiger charge is 2.60. The number of carbonyl (C=O) groups is 2. The van der Waals surface area contributed by atoms with Gasteiger partial charge in [-0.2, -0.15) is 0 Å². The zero-order valence-electron chi connectivity index (χ0n) is 15.1. The van der Waals surface area contributed by atoms with Crippen LogP contribution >= 0.6 is 15.9 Å². The van der Waals surface area contributed by atoms with Crippen LogP contribution in [0.2, 0.25) is 0 Å². The second-order valence-electron chi connectivity index (χ2n) is 8.85. The molecule has 0 aromatic heterocycles. The highest BCUT2D eigenvalue weighted by atomic mass is 79.9. The molecule has 0 radical (unpaired) electrons. The molecular formula is C19H29BrN2O3. The first-order valence-electron chi connectivity index (χ1n) is 9.83. The zero-order valence-corrected chi connectivity index (χ0v) is 16.6. The predicted molar refractivity (Wildman–Crippen MR) is 98.5 cm³/mol. The van der Waals surface area contributed by atoms with Crippen molar-refractivity contribution in [1.29, 1.82) is 0 Å². The molecule has 5 aliphatic rings. The summed E-state index contributed by atoms with van der Waals surface area (Å²) in [5, 5.41) is 2.92. The van der Waals surface area contributed by atoms with Crippen LogP contribution in [0.1, 0.15) is 58.3 Å². The lowest BCUT2D eigenvalue weighted by atomic mass is 9.49. The minimum Gasteiger partial charge on any atom is -0.450 e. The first-order chi connectivity index (χ1) is 11.9. The molecule has 0 unspecified atom stereocenters. The Labute approximate surface area is 158 Å². The third kappa shape index (κ3) is 3.31. The van der Waals surface area contributed by atoms with Crippen LogP contribution in [-0.4, -0.2) is 47.0 Å². The van der Waals surface area contributed by atoms with E-state index in [1.807, 2.05) is 4.90 Å². The van der Waals surface area contributed by atoms with Crippen LogP contribution < -0.4 is 5.32 Å². The molecule has 1 saturated heterocycles. The topological polar surface area (TPSA) is 58.6 Å². The summed E-state index contributed by atoms with van der Waals surface area (Å²) in [6, 6.07) is 0.0172. The molecule has 1 aliphatic heterocycles. The number of nitrogens with one attached hydrogen (secondary N) is 1. The smallest absolute Gasteiger partial charge is 0.407 e. The Bertz CT molecular complexity index is 553. The number of hydrogen-bond donors (Lipinski definition) is 1. The Kier molecular flexibility index (Phi) is 4.53. The van der Waals surface area contributed by atoms with Crippen molar-refractivity contribution in [1.82, 2.24) is 10.2 Å². The molecule has 0 spiro atoms. The Hall–Kier alpha value is -0.780. The van der Waals surface area contributed by atoms with Crippen LogP contribution in [0, 0.1) is 17.3 Å². The Morgan fingerprint density at radius 2 is 1.96 bits per heavy atom. The van der Waals surface area contributed by atoms with Gasteiger partial charge in [0.15, 0.2) is 0 Å². The van der Waals surface area contributed by atoms with Crippen LogP contribution in [0.4, 0.5) is 4.79 Å². The Morgan fingerprint density at radius 1 is 1.24 bits per heavy atom. The summed E-state index contributed by atoms with van der Waals surface area (Å²) in [7, 11) is 0. The van der Waals surface area contributed by atoms with Crippen molar-refractivity contribution in [2.24, 2.45) is 17.3 Å². The van der Waals surface area contributed by atoms with Crippen molar-refractivity contribution in [3.8, 4) is 0 Å². The lowest BCUT2D eigenvalue weighted by Gasteiger charge is -2.60. The lowest BCUT2D eigenvalue weighted by Crippen LogP contribution is -2.61. The summed E-state index contributed by atoms with van der Waals surface area (Å²) in [6.07, 6.45) is 8.44. The van der Waals surface area contributed by atoms with Gasteiger partial charge in [0, 0.05) is 23.5 Å². The maximum Gasteiger partial charge on any atom is 0.407 e. The number of halogens is 1. The number of alkyl carbamates (subject to hydrolysis) is 1. The number of ether oxygens (including phenoxy) is 1. The number of carbonyl (C=O) groups excluding carboxylic acids is 2. The van der Waals surface area contributed by atoms with Crippen molar-refractivity contribution < 1.29 is 14.3 Å². The first kappa shape index (κ1) is 17.6. The number of alkyl halides is 1. The van der Waals surface area contributed by atoms with Gasteiger partial charge in [0.1, 0.15) is 0 Å². The molecule has 25 heavy (non-hydrogen) atoms. The summed E-state index contributed by atoms with van der Waals surface area (Å²) in [5.74, 6) is 1.77. The van der Waals surface area contributed by atoms with Gasteiger partial charge in [0.2, 0.25) is 5.91 Å². The number of likely N-dealkylation sites (tertiary alicyclic amines) is 1. The van der Waals surface area contributed by atoms with E-state index in [-0.39, 0.29) is 21.9 Å². The molecule has 4 saturated carbocycles. The maximum absolute atomic E-state index is 13.5. The average molecular weight is 413 g/mol. The summed E-state index contributed by atoms with van der Waals surface area (Å²) >= 11 is 4.00. The van der Waals surface area contributed by atoms with Gasteiger partial charge in [0.25, 0.3) is 0 Å². The molecule has 1 heterocycles. The summed E-state index contributed by atoms with van der Waals surface area (Å²) < 4.78 is 5.19. The third-order valence-electron chi connectivity index (χ3n) is 6.75. The van der Waals surface area contributed by atoms with E-state index in [2.05, 4.69) is 21.2 Å². The fourth-order valence-electron chi connectivity index (χ4n) is 6.36. The van der Waals surface area contributed by atoms with E-state index >= 15 is 0 Å². The fourth-order valence-corrected chi connectivity index (χ4v) is 7.81. The summed E-state index contributed by atoms with van der Waals surface area (Å²) in [4.78, 5) is 27.3. The molecule has 0 aromatic rings. The number of nitrogens with zero attached hydrogens (tertiary/aromatic N) is 1. The standard InChI is InChI=1S/C19H29BrN2O3/c1-2-25-17(24)21-15-4-3-5-22(11-15)16(23)18-7-13-6-14(8-18)10-19(20,9-13)12-18/h13-15H,2-12H2,1H3,(H,21,24)/t13-,14-,15+,18?,19?/m1/s1. The highest BCUT2D eigenvalue weighted by molar-refractivity contribution is 9.10. The van der Waals surface area contributed by atoms with Crippen LogP contribution in [0.5, 0.6) is 0 Å². The van der Waals surface area contributed by atoms with Gasteiger partial charge < -0.3 is 15.0 Å².